The van der Waals surface area contributed by atoms with Crippen molar-refractivity contribution >= 4 is 0 Å². The summed E-state index contributed by atoms with van der Waals surface area (Å²) in [4.78, 5) is 2.02. The van der Waals surface area contributed by atoms with E-state index in [1.807, 2.05) is 24.0 Å². The summed E-state index contributed by atoms with van der Waals surface area (Å²) in [7, 11) is 0. The maximum Gasteiger partial charge on any atom is 0.0938 e. The molecule has 3 heteroatoms. The molecule has 0 unspecified atom stereocenters. The van der Waals surface area contributed by atoms with Gasteiger partial charge in [-0.05, 0) is 6.92 Å². The van der Waals surface area contributed by atoms with E-state index in [0.29, 0.717) is 13.1 Å². The normalized spacial score (nSPS) is 33.7. The molecular weight excluding hydrogens is 142 g/mol. The van der Waals surface area contributed by atoms with Gasteiger partial charge in [0.1, 0.15) is 0 Å². The van der Waals surface area contributed by atoms with Crippen molar-refractivity contribution in [2.75, 3.05) is 19.6 Å². The Morgan fingerprint density at radius 1 is 1.36 bits per heavy atom. The van der Waals surface area contributed by atoms with Crippen molar-refractivity contribution in [1.29, 1.82) is 0 Å². The molecule has 1 aliphatic rings. The lowest BCUT2D eigenvalue weighted by atomic mass is 10.3. The van der Waals surface area contributed by atoms with Crippen LogP contribution in [0.4, 0.5) is 0 Å². The molecule has 1 saturated heterocycles. The first-order valence-electron chi connectivity index (χ1n) is 3.93. The van der Waals surface area contributed by atoms with Crippen LogP contribution in [-0.4, -0.2) is 47.0 Å². The van der Waals surface area contributed by atoms with Crippen LogP contribution in [0, 0.1) is 0 Å². The van der Waals surface area contributed by atoms with Crippen LogP contribution in [0.3, 0.4) is 0 Å². The number of hydrogen-bond donors (Lipinski definition) is 2. The van der Waals surface area contributed by atoms with Crippen LogP contribution >= 0.6 is 0 Å². The zero-order chi connectivity index (χ0) is 8.27. The third-order valence-electron chi connectivity index (χ3n) is 1.93. The number of aliphatic hydroxyl groups is 2. The Morgan fingerprint density at radius 2 is 1.91 bits per heavy atom. The smallest absolute Gasteiger partial charge is 0.0938 e. The number of aliphatic hydroxyl groups excluding tert-OH is 2. The molecular formula is C8H15NO2. The minimum absolute atomic E-state index is 0.555. The Labute approximate surface area is 66.9 Å². The summed E-state index contributed by atoms with van der Waals surface area (Å²) in [5, 5.41) is 18.3. The van der Waals surface area contributed by atoms with Crippen molar-refractivity contribution in [2.45, 2.75) is 19.1 Å². The first-order chi connectivity index (χ1) is 5.24. The molecule has 0 aromatic heterocycles. The highest BCUT2D eigenvalue weighted by atomic mass is 16.3. The summed E-state index contributed by atoms with van der Waals surface area (Å²) in [5.41, 5.74) is 0. The maximum absolute atomic E-state index is 9.15. The third kappa shape index (κ3) is 2.29. The highest BCUT2D eigenvalue weighted by molar-refractivity contribution is 4.89. The number of hydrogen-bond acceptors (Lipinski definition) is 3. The SMILES string of the molecule is CC=CCN1C[C@@H](O)[C@@H](O)C1. The highest BCUT2D eigenvalue weighted by Crippen LogP contribution is 2.08. The number of allylic oxidation sites excluding steroid dienone is 1. The van der Waals surface area contributed by atoms with Gasteiger partial charge < -0.3 is 10.2 Å². The van der Waals surface area contributed by atoms with Crippen molar-refractivity contribution in [3.63, 3.8) is 0 Å². The first-order valence-corrected chi connectivity index (χ1v) is 3.93. The van der Waals surface area contributed by atoms with Crippen molar-refractivity contribution in [3.8, 4) is 0 Å². The number of β-amino-alcohol motifs (C(OH)–C–C–N with tert-alkyl or cyclic N) is 2. The molecule has 0 aliphatic carbocycles. The van der Waals surface area contributed by atoms with Gasteiger partial charge in [0.15, 0.2) is 0 Å². The van der Waals surface area contributed by atoms with Gasteiger partial charge in [-0.1, -0.05) is 12.2 Å². The first kappa shape index (κ1) is 8.71. The van der Waals surface area contributed by atoms with Gasteiger partial charge in [0.25, 0.3) is 0 Å². The average Bonchev–Trinajstić information content (AvgIpc) is 2.28. The van der Waals surface area contributed by atoms with Crippen LogP contribution in [0.1, 0.15) is 6.92 Å². The molecule has 1 rings (SSSR count). The van der Waals surface area contributed by atoms with Crippen LogP contribution in [0.2, 0.25) is 0 Å². The van der Waals surface area contributed by atoms with Crippen molar-refractivity contribution < 1.29 is 10.2 Å². The summed E-state index contributed by atoms with van der Waals surface area (Å²) in [6, 6.07) is 0. The second kappa shape index (κ2) is 3.85. The Morgan fingerprint density at radius 3 is 2.36 bits per heavy atom. The monoisotopic (exact) mass is 157 g/mol. The van der Waals surface area contributed by atoms with Crippen molar-refractivity contribution in [3.05, 3.63) is 12.2 Å². The summed E-state index contributed by atoms with van der Waals surface area (Å²) in [6.07, 6.45) is 2.88. The van der Waals surface area contributed by atoms with E-state index in [2.05, 4.69) is 0 Å². The Kier molecular flexibility index (Phi) is 3.05. The van der Waals surface area contributed by atoms with E-state index < -0.39 is 12.2 Å². The molecule has 2 atom stereocenters. The molecule has 2 N–H and O–H groups in total. The molecule has 0 spiro atoms. The molecule has 3 nitrogen and oxygen atoms in total. The highest BCUT2D eigenvalue weighted by Gasteiger charge is 2.28. The average molecular weight is 157 g/mol. The van der Waals surface area contributed by atoms with Crippen molar-refractivity contribution in [2.24, 2.45) is 0 Å². The molecule has 1 fully saturated rings. The second-order valence-corrected chi connectivity index (χ2v) is 2.92. The lowest BCUT2D eigenvalue weighted by Crippen LogP contribution is -2.22. The molecule has 0 aromatic carbocycles. The summed E-state index contributed by atoms with van der Waals surface area (Å²) in [5.74, 6) is 0. The Hall–Kier alpha value is -0.380. The molecule has 1 heterocycles. The van der Waals surface area contributed by atoms with Gasteiger partial charge in [-0.3, -0.25) is 4.90 Å². The largest absolute Gasteiger partial charge is 0.389 e. The van der Waals surface area contributed by atoms with E-state index in [0.717, 1.165) is 6.54 Å². The van der Waals surface area contributed by atoms with E-state index >= 15 is 0 Å². The van der Waals surface area contributed by atoms with E-state index in [-0.39, 0.29) is 0 Å². The fourth-order valence-electron chi connectivity index (χ4n) is 1.25. The van der Waals surface area contributed by atoms with E-state index in [1.54, 1.807) is 0 Å². The van der Waals surface area contributed by atoms with Crippen LogP contribution in [0.5, 0.6) is 0 Å². The zero-order valence-electron chi connectivity index (χ0n) is 6.77. The standard InChI is InChI=1S/C8H15NO2/c1-2-3-4-9-5-7(10)8(11)6-9/h2-3,7-8,10-11H,4-6H2,1H3/t7-,8+. The molecule has 0 saturated carbocycles. The summed E-state index contributed by atoms with van der Waals surface area (Å²) < 4.78 is 0. The molecule has 64 valence electrons. The molecule has 1 aliphatic heterocycles. The third-order valence-corrected chi connectivity index (χ3v) is 1.93. The van der Waals surface area contributed by atoms with Gasteiger partial charge in [0.2, 0.25) is 0 Å². The van der Waals surface area contributed by atoms with Crippen LogP contribution in [0.25, 0.3) is 0 Å². The number of rotatable bonds is 2. The molecule has 0 radical (unpaired) electrons. The van der Waals surface area contributed by atoms with E-state index in [1.165, 1.54) is 0 Å². The molecule has 0 aromatic rings. The Balaban J connectivity index is 2.29. The predicted molar refractivity (Wildman–Crippen MR) is 43.3 cm³/mol. The van der Waals surface area contributed by atoms with Gasteiger partial charge >= 0.3 is 0 Å². The minimum atomic E-state index is -0.555. The predicted octanol–water partition coefficient (Wildman–Crippen LogP) is -0.400. The minimum Gasteiger partial charge on any atom is -0.389 e. The van der Waals surface area contributed by atoms with Gasteiger partial charge in [-0.2, -0.15) is 0 Å². The van der Waals surface area contributed by atoms with Crippen molar-refractivity contribution in [1.82, 2.24) is 4.90 Å². The topological polar surface area (TPSA) is 43.7 Å². The fourth-order valence-corrected chi connectivity index (χ4v) is 1.25. The maximum atomic E-state index is 9.15. The van der Waals surface area contributed by atoms with Crippen LogP contribution in [-0.2, 0) is 0 Å². The fraction of sp³-hybridized carbons (Fsp3) is 0.750. The molecule has 0 bridgehead atoms. The van der Waals surface area contributed by atoms with E-state index in [4.69, 9.17) is 10.2 Å². The molecule has 11 heavy (non-hydrogen) atoms. The van der Waals surface area contributed by atoms with E-state index in [9.17, 15) is 0 Å². The van der Waals surface area contributed by atoms with Gasteiger partial charge in [0, 0.05) is 19.6 Å². The zero-order valence-corrected chi connectivity index (χ0v) is 6.77. The number of likely N-dealkylation sites (tertiary alicyclic amines) is 1. The van der Waals surface area contributed by atoms with Gasteiger partial charge in [-0.25, -0.2) is 0 Å². The van der Waals surface area contributed by atoms with Gasteiger partial charge in [0.05, 0.1) is 12.2 Å². The lowest BCUT2D eigenvalue weighted by molar-refractivity contribution is 0.0572. The summed E-state index contributed by atoms with van der Waals surface area (Å²) in [6.45, 7) is 3.96. The van der Waals surface area contributed by atoms with Crippen LogP contribution in [0.15, 0.2) is 12.2 Å². The quantitative estimate of drug-likeness (QED) is 0.536. The molecule has 0 amide bonds. The van der Waals surface area contributed by atoms with Crippen LogP contribution < -0.4 is 0 Å². The Bertz CT molecular complexity index is 137. The second-order valence-electron chi connectivity index (χ2n) is 2.92. The van der Waals surface area contributed by atoms with Gasteiger partial charge in [-0.15, -0.1) is 0 Å². The summed E-state index contributed by atoms with van der Waals surface area (Å²) >= 11 is 0. The number of nitrogens with zero attached hydrogens (tertiary/aromatic N) is 1. The lowest BCUT2D eigenvalue weighted by Gasteiger charge is -2.10.